The second-order valence-electron chi connectivity index (χ2n) is 5.64. The molecule has 24 heavy (non-hydrogen) atoms. The number of halogens is 1. The lowest BCUT2D eigenvalue weighted by Crippen LogP contribution is -2.49. The largest absolute Gasteiger partial charge is 0.484 e. The van der Waals surface area contributed by atoms with Crippen LogP contribution >= 0.6 is 15.9 Å². The molecule has 1 N–H and O–H groups in total. The molecule has 1 aromatic carbocycles. The third-order valence-electron chi connectivity index (χ3n) is 3.81. The van der Waals surface area contributed by atoms with Gasteiger partial charge in [0.2, 0.25) is 5.95 Å². The Morgan fingerprint density at radius 1 is 1.29 bits per heavy atom. The van der Waals surface area contributed by atoms with E-state index in [-0.39, 0.29) is 18.6 Å². The van der Waals surface area contributed by atoms with E-state index in [1.807, 2.05) is 24.3 Å². The Balaban J connectivity index is 1.48. The van der Waals surface area contributed by atoms with Gasteiger partial charge < -0.3 is 15.0 Å². The van der Waals surface area contributed by atoms with Crippen LogP contribution < -0.4 is 15.0 Å². The lowest BCUT2D eigenvalue weighted by Gasteiger charge is -2.33. The number of rotatable bonds is 5. The van der Waals surface area contributed by atoms with Crippen LogP contribution in [0.5, 0.6) is 5.75 Å². The van der Waals surface area contributed by atoms with E-state index in [2.05, 4.69) is 36.1 Å². The van der Waals surface area contributed by atoms with Gasteiger partial charge >= 0.3 is 0 Å². The molecule has 1 saturated heterocycles. The molecule has 1 aliphatic rings. The van der Waals surface area contributed by atoms with Crippen molar-refractivity contribution in [1.29, 1.82) is 0 Å². The van der Waals surface area contributed by atoms with Gasteiger partial charge in [-0.25, -0.2) is 9.97 Å². The number of piperidine rings is 1. The summed E-state index contributed by atoms with van der Waals surface area (Å²) in [6.07, 6.45) is 5.41. The quantitative estimate of drug-likeness (QED) is 0.848. The van der Waals surface area contributed by atoms with Crippen molar-refractivity contribution < 1.29 is 9.53 Å². The van der Waals surface area contributed by atoms with Gasteiger partial charge in [-0.05, 0) is 43.2 Å². The van der Waals surface area contributed by atoms with Gasteiger partial charge in [-0.15, -0.1) is 0 Å². The summed E-state index contributed by atoms with van der Waals surface area (Å²) in [6.45, 7) is 1.64. The number of ether oxygens (including phenoxy) is 1. The third kappa shape index (κ3) is 4.67. The second-order valence-corrected chi connectivity index (χ2v) is 6.56. The molecule has 1 fully saturated rings. The number of benzene rings is 1. The highest BCUT2D eigenvalue weighted by molar-refractivity contribution is 9.10. The minimum Gasteiger partial charge on any atom is -0.484 e. The van der Waals surface area contributed by atoms with Gasteiger partial charge in [0.05, 0.1) is 0 Å². The summed E-state index contributed by atoms with van der Waals surface area (Å²) in [7, 11) is 0. The van der Waals surface area contributed by atoms with Crippen molar-refractivity contribution >= 4 is 27.8 Å². The molecule has 6 nitrogen and oxygen atoms in total. The maximum absolute atomic E-state index is 12.1. The number of carbonyl (C=O) groups excluding carboxylic acids is 1. The fourth-order valence-electron chi connectivity index (χ4n) is 2.68. The van der Waals surface area contributed by atoms with Crippen molar-refractivity contribution in [3.05, 3.63) is 47.2 Å². The number of nitrogens with one attached hydrogen (secondary N) is 1. The first-order valence-electron chi connectivity index (χ1n) is 7.90. The number of anilines is 1. The standard InChI is InChI=1S/C17H19BrN4O2/c18-13-4-6-15(7-5-13)24-12-16(23)21-14-3-1-10-22(11-14)17-19-8-2-9-20-17/h2,4-9,14H,1,3,10-12H2,(H,21,23). The predicted octanol–water partition coefficient (Wildman–Crippen LogP) is 2.40. The molecular weight excluding hydrogens is 372 g/mol. The number of aromatic nitrogens is 2. The van der Waals surface area contributed by atoms with Crippen molar-refractivity contribution in [2.75, 3.05) is 24.6 Å². The zero-order valence-electron chi connectivity index (χ0n) is 13.2. The lowest BCUT2D eigenvalue weighted by atomic mass is 10.1. The van der Waals surface area contributed by atoms with Crippen LogP contribution in [0.25, 0.3) is 0 Å². The Morgan fingerprint density at radius 3 is 2.79 bits per heavy atom. The summed E-state index contributed by atoms with van der Waals surface area (Å²) < 4.78 is 6.48. The van der Waals surface area contributed by atoms with Crippen molar-refractivity contribution in [2.24, 2.45) is 0 Å². The van der Waals surface area contributed by atoms with Gasteiger partial charge in [0, 0.05) is 36.0 Å². The highest BCUT2D eigenvalue weighted by atomic mass is 79.9. The van der Waals surface area contributed by atoms with E-state index in [9.17, 15) is 4.79 Å². The highest BCUT2D eigenvalue weighted by Gasteiger charge is 2.23. The first-order valence-corrected chi connectivity index (χ1v) is 8.70. The van der Waals surface area contributed by atoms with Crippen LogP contribution in [0.2, 0.25) is 0 Å². The average molecular weight is 391 g/mol. The average Bonchev–Trinajstić information content (AvgIpc) is 2.62. The van der Waals surface area contributed by atoms with Crippen LogP contribution in [0.4, 0.5) is 5.95 Å². The zero-order valence-corrected chi connectivity index (χ0v) is 14.8. The molecule has 0 saturated carbocycles. The van der Waals surface area contributed by atoms with Gasteiger partial charge in [0.25, 0.3) is 5.91 Å². The van der Waals surface area contributed by atoms with E-state index in [4.69, 9.17) is 4.74 Å². The van der Waals surface area contributed by atoms with Crippen molar-refractivity contribution in [3.63, 3.8) is 0 Å². The Hall–Kier alpha value is -2.15. The molecule has 2 aromatic rings. The Morgan fingerprint density at radius 2 is 2.04 bits per heavy atom. The van der Waals surface area contributed by atoms with Gasteiger partial charge in [-0.1, -0.05) is 15.9 Å². The topological polar surface area (TPSA) is 67.3 Å². The maximum Gasteiger partial charge on any atom is 0.258 e. The van der Waals surface area contributed by atoms with Gasteiger partial charge in [-0.2, -0.15) is 0 Å². The molecule has 2 heterocycles. The Labute approximate surface area is 149 Å². The van der Waals surface area contributed by atoms with E-state index in [0.29, 0.717) is 18.2 Å². The number of carbonyl (C=O) groups is 1. The maximum atomic E-state index is 12.1. The molecule has 126 valence electrons. The molecule has 0 spiro atoms. The molecule has 0 bridgehead atoms. The Bertz CT molecular complexity index is 666. The minimum absolute atomic E-state index is 0.0139. The molecule has 1 aliphatic heterocycles. The number of hydrogen-bond donors (Lipinski definition) is 1. The van der Waals surface area contributed by atoms with Crippen molar-refractivity contribution in [3.8, 4) is 5.75 Å². The molecule has 1 amide bonds. The molecule has 0 radical (unpaired) electrons. The number of amides is 1. The molecule has 1 unspecified atom stereocenters. The zero-order chi connectivity index (χ0) is 16.8. The van der Waals surface area contributed by atoms with Crippen molar-refractivity contribution in [1.82, 2.24) is 15.3 Å². The summed E-state index contributed by atoms with van der Waals surface area (Å²) in [4.78, 5) is 22.7. The summed E-state index contributed by atoms with van der Waals surface area (Å²) in [5, 5.41) is 3.03. The smallest absolute Gasteiger partial charge is 0.258 e. The van der Waals surface area contributed by atoms with Crippen LogP contribution in [0.3, 0.4) is 0 Å². The second kappa shape index (κ2) is 8.10. The van der Waals surface area contributed by atoms with E-state index < -0.39 is 0 Å². The van der Waals surface area contributed by atoms with Crippen LogP contribution in [0.15, 0.2) is 47.2 Å². The fraction of sp³-hybridized carbons (Fsp3) is 0.353. The third-order valence-corrected chi connectivity index (χ3v) is 4.33. The van der Waals surface area contributed by atoms with E-state index >= 15 is 0 Å². The van der Waals surface area contributed by atoms with Crippen LogP contribution in [-0.2, 0) is 4.79 Å². The van der Waals surface area contributed by atoms with Gasteiger partial charge in [-0.3, -0.25) is 4.79 Å². The summed E-state index contributed by atoms with van der Waals surface area (Å²) in [5.41, 5.74) is 0. The molecule has 0 aliphatic carbocycles. The fourth-order valence-corrected chi connectivity index (χ4v) is 2.94. The normalized spacial score (nSPS) is 17.4. The summed E-state index contributed by atoms with van der Waals surface area (Å²) in [6, 6.07) is 9.30. The van der Waals surface area contributed by atoms with Crippen molar-refractivity contribution in [2.45, 2.75) is 18.9 Å². The molecule has 1 atom stereocenters. The molecule has 7 heteroatoms. The van der Waals surface area contributed by atoms with Crippen LogP contribution in [0, 0.1) is 0 Å². The first-order chi connectivity index (χ1) is 11.7. The van der Waals surface area contributed by atoms with E-state index in [0.717, 1.165) is 23.9 Å². The molecular formula is C17H19BrN4O2. The summed E-state index contributed by atoms with van der Waals surface area (Å²) >= 11 is 3.37. The van der Waals surface area contributed by atoms with Crippen LogP contribution in [-0.4, -0.2) is 41.6 Å². The SMILES string of the molecule is O=C(COc1ccc(Br)cc1)NC1CCCN(c2ncccn2)C1. The molecule has 3 rings (SSSR count). The number of hydrogen-bond acceptors (Lipinski definition) is 5. The first kappa shape index (κ1) is 16.7. The van der Waals surface area contributed by atoms with Gasteiger partial charge in [0.15, 0.2) is 6.61 Å². The highest BCUT2D eigenvalue weighted by Crippen LogP contribution is 2.17. The lowest BCUT2D eigenvalue weighted by molar-refractivity contribution is -0.123. The van der Waals surface area contributed by atoms with Crippen LogP contribution in [0.1, 0.15) is 12.8 Å². The summed E-state index contributed by atoms with van der Waals surface area (Å²) in [5.74, 6) is 1.28. The van der Waals surface area contributed by atoms with E-state index in [1.165, 1.54) is 0 Å². The Kier molecular flexibility index (Phi) is 5.63. The monoisotopic (exact) mass is 390 g/mol. The predicted molar refractivity (Wildman–Crippen MR) is 95.0 cm³/mol. The van der Waals surface area contributed by atoms with E-state index in [1.54, 1.807) is 18.5 Å². The minimum atomic E-state index is -0.112. The molecule has 1 aromatic heterocycles. The van der Waals surface area contributed by atoms with Gasteiger partial charge in [0.1, 0.15) is 5.75 Å². The number of nitrogens with zero attached hydrogens (tertiary/aromatic N) is 3.